The predicted octanol–water partition coefficient (Wildman–Crippen LogP) is 6.36. The minimum absolute atomic E-state index is 0.157. The summed E-state index contributed by atoms with van der Waals surface area (Å²) in [5.41, 5.74) is 2.33. The number of nitrogens with zero attached hydrogens (tertiary/aromatic N) is 1. The normalized spacial score (nSPS) is 17.1. The van der Waals surface area contributed by atoms with Crippen LogP contribution in [-0.2, 0) is 9.59 Å². The Hall–Kier alpha value is -2.04. The highest BCUT2D eigenvalue weighted by Gasteiger charge is 2.28. The molecule has 0 bridgehead atoms. The summed E-state index contributed by atoms with van der Waals surface area (Å²) in [4.78, 5) is 26.9. The van der Waals surface area contributed by atoms with Crippen molar-refractivity contribution in [1.82, 2.24) is 4.90 Å². The van der Waals surface area contributed by atoms with Crippen molar-refractivity contribution in [2.75, 3.05) is 13.1 Å². The molecular formula is C22H15Cl4NO2. The van der Waals surface area contributed by atoms with Crippen molar-refractivity contribution in [2.45, 2.75) is 0 Å². The highest BCUT2D eigenvalue weighted by molar-refractivity contribution is 6.42. The zero-order valence-corrected chi connectivity index (χ0v) is 18.1. The lowest BCUT2D eigenvalue weighted by atomic mass is 9.94. The summed E-state index contributed by atoms with van der Waals surface area (Å²) in [7, 11) is 0. The van der Waals surface area contributed by atoms with E-state index < -0.39 is 0 Å². The van der Waals surface area contributed by atoms with Gasteiger partial charge in [0.2, 0.25) is 5.91 Å². The molecule has 7 heteroatoms. The topological polar surface area (TPSA) is 37.4 Å². The van der Waals surface area contributed by atoms with Crippen molar-refractivity contribution in [3.8, 4) is 0 Å². The fourth-order valence-electron chi connectivity index (χ4n) is 2.93. The maximum Gasteiger partial charge on any atom is 0.246 e. The largest absolute Gasteiger partial charge is 0.330 e. The first kappa shape index (κ1) is 21.7. The highest BCUT2D eigenvalue weighted by Crippen LogP contribution is 2.28. The van der Waals surface area contributed by atoms with Crippen LogP contribution in [0.3, 0.4) is 0 Å². The van der Waals surface area contributed by atoms with Crippen molar-refractivity contribution in [1.29, 1.82) is 0 Å². The van der Waals surface area contributed by atoms with E-state index in [-0.39, 0.29) is 24.8 Å². The molecule has 0 aromatic heterocycles. The van der Waals surface area contributed by atoms with Crippen LogP contribution >= 0.6 is 46.4 Å². The van der Waals surface area contributed by atoms with Crippen LogP contribution in [0.2, 0.25) is 20.1 Å². The average Bonchev–Trinajstić information content (AvgIpc) is 2.69. The fraction of sp³-hybridized carbons (Fsp3) is 0.0909. The van der Waals surface area contributed by atoms with Crippen molar-refractivity contribution in [3.05, 3.63) is 91.4 Å². The second-order valence-electron chi connectivity index (χ2n) is 6.41. The molecule has 1 heterocycles. The zero-order valence-electron chi connectivity index (χ0n) is 15.1. The molecule has 0 atom stereocenters. The monoisotopic (exact) mass is 465 g/mol. The molecule has 148 valence electrons. The van der Waals surface area contributed by atoms with Crippen molar-refractivity contribution in [2.24, 2.45) is 0 Å². The number of rotatable bonds is 3. The fourth-order valence-corrected chi connectivity index (χ4v) is 3.54. The molecule has 1 amide bonds. The molecule has 1 aliphatic heterocycles. The van der Waals surface area contributed by atoms with Gasteiger partial charge in [0.05, 0.1) is 33.2 Å². The molecule has 3 nitrogen and oxygen atoms in total. The molecule has 2 aromatic rings. The number of ketones is 1. The average molecular weight is 467 g/mol. The van der Waals surface area contributed by atoms with E-state index >= 15 is 0 Å². The Bertz CT molecular complexity index is 999. The predicted molar refractivity (Wildman–Crippen MR) is 121 cm³/mol. The van der Waals surface area contributed by atoms with Crippen LogP contribution in [0.4, 0.5) is 0 Å². The molecule has 0 spiro atoms. The maximum atomic E-state index is 13.1. The number of Topliss-reactive ketones (excluding diaryl/α,β-unsaturated/α-hetero) is 1. The van der Waals surface area contributed by atoms with Crippen LogP contribution in [0.1, 0.15) is 11.1 Å². The van der Waals surface area contributed by atoms with E-state index in [1.807, 2.05) is 0 Å². The van der Waals surface area contributed by atoms with Crippen molar-refractivity contribution >= 4 is 70.2 Å². The van der Waals surface area contributed by atoms with Gasteiger partial charge in [-0.1, -0.05) is 65.1 Å². The molecule has 3 rings (SSSR count). The van der Waals surface area contributed by atoms with Gasteiger partial charge in [0.25, 0.3) is 0 Å². The maximum absolute atomic E-state index is 13.1. The van der Waals surface area contributed by atoms with E-state index in [1.54, 1.807) is 53.5 Å². The molecule has 0 N–H and O–H groups in total. The minimum atomic E-state index is -0.266. The van der Waals surface area contributed by atoms with Crippen LogP contribution in [0.15, 0.2) is 60.2 Å². The molecular weight excluding hydrogens is 452 g/mol. The second kappa shape index (κ2) is 9.19. The Morgan fingerprint density at radius 2 is 1.28 bits per heavy atom. The Balaban J connectivity index is 2.03. The SMILES string of the molecule is C=CC(=O)N1C/C(=C/c2ccc(Cl)c(Cl)c2)C(=O)/C(=C/c2ccc(Cl)c(Cl)c2)C1. The smallest absolute Gasteiger partial charge is 0.246 e. The number of piperidine rings is 1. The van der Waals surface area contributed by atoms with Gasteiger partial charge in [-0.05, 0) is 53.6 Å². The van der Waals surface area contributed by atoms with Crippen molar-refractivity contribution in [3.63, 3.8) is 0 Å². The number of amides is 1. The molecule has 0 aliphatic carbocycles. The summed E-state index contributed by atoms with van der Waals surface area (Å²) in [5.74, 6) is -0.423. The molecule has 0 radical (unpaired) electrons. The first-order valence-electron chi connectivity index (χ1n) is 8.56. The van der Waals surface area contributed by atoms with E-state index in [9.17, 15) is 9.59 Å². The third-order valence-electron chi connectivity index (χ3n) is 4.36. The number of carbonyl (C=O) groups is 2. The lowest BCUT2D eigenvalue weighted by molar-refractivity contribution is -0.126. The molecule has 2 aromatic carbocycles. The summed E-state index contributed by atoms with van der Waals surface area (Å²) >= 11 is 24.1. The first-order valence-corrected chi connectivity index (χ1v) is 10.1. The van der Waals surface area contributed by atoms with Gasteiger partial charge in [0.15, 0.2) is 5.78 Å². The summed E-state index contributed by atoms with van der Waals surface area (Å²) in [6.07, 6.45) is 4.63. The Morgan fingerprint density at radius 1 is 0.828 bits per heavy atom. The Morgan fingerprint density at radius 3 is 1.66 bits per heavy atom. The van der Waals surface area contributed by atoms with Crippen LogP contribution in [-0.4, -0.2) is 29.7 Å². The summed E-state index contributed by atoms with van der Waals surface area (Å²) in [6.45, 7) is 3.87. The number of hydrogen-bond acceptors (Lipinski definition) is 2. The van der Waals surface area contributed by atoms with E-state index in [0.717, 1.165) is 0 Å². The van der Waals surface area contributed by atoms with Gasteiger partial charge in [-0.3, -0.25) is 9.59 Å². The molecule has 1 fully saturated rings. The zero-order chi connectivity index (χ0) is 21.1. The van der Waals surface area contributed by atoms with E-state index in [2.05, 4.69) is 6.58 Å². The van der Waals surface area contributed by atoms with Gasteiger partial charge in [-0.2, -0.15) is 0 Å². The van der Waals surface area contributed by atoms with Crippen LogP contribution < -0.4 is 0 Å². The van der Waals surface area contributed by atoms with Crippen LogP contribution in [0, 0.1) is 0 Å². The second-order valence-corrected chi connectivity index (χ2v) is 8.04. The van der Waals surface area contributed by atoms with Gasteiger partial charge >= 0.3 is 0 Å². The van der Waals surface area contributed by atoms with Crippen LogP contribution in [0.25, 0.3) is 12.2 Å². The molecule has 29 heavy (non-hydrogen) atoms. The standard InChI is InChI=1S/C22H15Cl4NO2/c1-2-21(28)27-11-15(7-13-3-5-17(23)19(25)9-13)22(29)16(12-27)8-14-4-6-18(24)20(26)10-14/h2-10H,1,11-12H2/b15-7-,16-8+. The number of hydrogen-bond donors (Lipinski definition) is 0. The number of benzene rings is 2. The van der Waals surface area contributed by atoms with Crippen molar-refractivity contribution < 1.29 is 9.59 Å². The molecule has 1 aliphatic rings. The highest BCUT2D eigenvalue weighted by atomic mass is 35.5. The van der Waals surface area contributed by atoms with E-state index in [0.29, 0.717) is 42.4 Å². The summed E-state index contributed by atoms with van der Waals surface area (Å²) in [6, 6.07) is 10.2. The summed E-state index contributed by atoms with van der Waals surface area (Å²) < 4.78 is 0. The lowest BCUT2D eigenvalue weighted by Crippen LogP contribution is -2.40. The van der Waals surface area contributed by atoms with E-state index in [1.165, 1.54) is 6.08 Å². The first-order chi connectivity index (χ1) is 13.8. The van der Waals surface area contributed by atoms with Gasteiger partial charge in [0, 0.05) is 11.1 Å². The number of carbonyl (C=O) groups excluding carboxylic acids is 2. The quantitative estimate of drug-likeness (QED) is 0.493. The third-order valence-corrected chi connectivity index (χ3v) is 5.84. The Kier molecular flexibility index (Phi) is 6.86. The summed E-state index contributed by atoms with van der Waals surface area (Å²) in [5, 5.41) is 1.62. The van der Waals surface area contributed by atoms with Crippen LogP contribution in [0.5, 0.6) is 0 Å². The molecule has 0 unspecified atom stereocenters. The third kappa shape index (κ3) is 5.12. The van der Waals surface area contributed by atoms with Gasteiger partial charge < -0.3 is 4.90 Å². The van der Waals surface area contributed by atoms with Gasteiger partial charge in [-0.25, -0.2) is 0 Å². The number of halogens is 4. The number of likely N-dealkylation sites (tertiary alicyclic amines) is 1. The molecule has 1 saturated heterocycles. The minimum Gasteiger partial charge on any atom is -0.330 e. The van der Waals surface area contributed by atoms with E-state index in [4.69, 9.17) is 46.4 Å². The molecule has 0 saturated carbocycles. The Labute approximate surface area is 188 Å². The lowest BCUT2D eigenvalue weighted by Gasteiger charge is -2.29. The van der Waals surface area contributed by atoms with Gasteiger partial charge in [-0.15, -0.1) is 0 Å². The van der Waals surface area contributed by atoms with Gasteiger partial charge in [0.1, 0.15) is 0 Å².